The van der Waals surface area contributed by atoms with Gasteiger partial charge in [0.1, 0.15) is 0 Å². The second kappa shape index (κ2) is 8.26. The average Bonchev–Trinajstić information content (AvgIpc) is 2.60. The van der Waals surface area contributed by atoms with Crippen molar-refractivity contribution in [3.8, 4) is 0 Å². The first-order valence-corrected chi connectivity index (χ1v) is 8.45. The van der Waals surface area contributed by atoms with E-state index in [0.717, 1.165) is 18.4 Å². The third-order valence-electron chi connectivity index (χ3n) is 5.20. The number of nitrogens with two attached hydrogens (primary N) is 1. The molecule has 1 aliphatic carbocycles. The molecule has 0 aliphatic heterocycles. The fourth-order valence-corrected chi connectivity index (χ4v) is 3.59. The quantitative estimate of drug-likeness (QED) is 0.706. The summed E-state index contributed by atoms with van der Waals surface area (Å²) in [4.78, 5) is 2.58. The van der Waals surface area contributed by atoms with Crippen molar-refractivity contribution in [3.05, 3.63) is 0 Å². The van der Waals surface area contributed by atoms with Crippen LogP contribution in [-0.2, 0) is 0 Å². The van der Waals surface area contributed by atoms with Crippen molar-refractivity contribution in [1.29, 1.82) is 0 Å². The molecule has 114 valence electrons. The lowest BCUT2D eigenvalue weighted by Gasteiger charge is -2.41. The molecule has 2 atom stereocenters. The summed E-state index contributed by atoms with van der Waals surface area (Å²) in [6, 6.07) is 0. The lowest BCUT2D eigenvalue weighted by Crippen LogP contribution is -2.52. The Morgan fingerprint density at radius 1 is 1.26 bits per heavy atom. The first kappa shape index (κ1) is 17.0. The zero-order chi connectivity index (χ0) is 14.3. The van der Waals surface area contributed by atoms with Gasteiger partial charge in [-0.2, -0.15) is 0 Å². The highest BCUT2D eigenvalue weighted by Gasteiger charge is 2.35. The van der Waals surface area contributed by atoms with Crippen LogP contribution in [0.2, 0.25) is 0 Å². The molecule has 0 bridgehead atoms. The summed E-state index contributed by atoms with van der Waals surface area (Å²) in [5.74, 6) is 1.74. The topological polar surface area (TPSA) is 29.3 Å². The molecule has 2 N–H and O–H groups in total. The van der Waals surface area contributed by atoms with Gasteiger partial charge in [0.05, 0.1) is 0 Å². The van der Waals surface area contributed by atoms with Crippen molar-refractivity contribution >= 4 is 0 Å². The number of nitrogens with zero attached hydrogens (tertiary/aromatic N) is 1. The molecular formula is C17H36N2. The summed E-state index contributed by atoms with van der Waals surface area (Å²) in [6.07, 6.45) is 10.8. The largest absolute Gasteiger partial charge is 0.329 e. The summed E-state index contributed by atoms with van der Waals surface area (Å²) in [6.45, 7) is 8.98. The molecule has 2 unspecified atom stereocenters. The Kier molecular flexibility index (Phi) is 7.38. The smallest absolute Gasteiger partial charge is 0.0328 e. The number of likely N-dealkylation sites (N-methyl/N-ethyl adjacent to an activating group) is 1. The third kappa shape index (κ3) is 5.07. The number of hydrogen-bond donors (Lipinski definition) is 1. The van der Waals surface area contributed by atoms with E-state index in [-0.39, 0.29) is 5.54 Å². The van der Waals surface area contributed by atoms with Crippen molar-refractivity contribution in [2.75, 3.05) is 20.1 Å². The Bertz CT molecular complexity index is 239. The Morgan fingerprint density at radius 2 is 2.00 bits per heavy atom. The summed E-state index contributed by atoms with van der Waals surface area (Å²) in [5, 5.41) is 0. The second-order valence-electron chi connectivity index (χ2n) is 7.12. The van der Waals surface area contributed by atoms with E-state index in [4.69, 9.17) is 5.73 Å². The zero-order valence-corrected chi connectivity index (χ0v) is 13.8. The van der Waals surface area contributed by atoms with Gasteiger partial charge in [0.25, 0.3) is 0 Å². The highest BCUT2D eigenvalue weighted by Crippen LogP contribution is 2.35. The molecule has 0 amide bonds. The van der Waals surface area contributed by atoms with Crippen LogP contribution in [0.5, 0.6) is 0 Å². The van der Waals surface area contributed by atoms with Crippen molar-refractivity contribution in [1.82, 2.24) is 4.90 Å². The van der Waals surface area contributed by atoms with Gasteiger partial charge in [-0.15, -0.1) is 0 Å². The minimum atomic E-state index is 0.289. The molecule has 1 saturated carbocycles. The first-order chi connectivity index (χ1) is 9.04. The molecule has 0 saturated heterocycles. The molecular weight excluding hydrogens is 232 g/mol. The van der Waals surface area contributed by atoms with Gasteiger partial charge in [-0.25, -0.2) is 0 Å². The maximum Gasteiger partial charge on any atom is 0.0328 e. The van der Waals surface area contributed by atoms with Crippen molar-refractivity contribution in [2.45, 2.75) is 77.7 Å². The van der Waals surface area contributed by atoms with Gasteiger partial charge >= 0.3 is 0 Å². The standard InChI is InChI=1S/C17H36N2/c1-5-7-16-8-6-11-17(14-18,12-9-16)19(4)13-10-15(2)3/h15-16H,5-14,18H2,1-4H3. The SMILES string of the molecule is CCCC1CCCC(CN)(N(C)CCC(C)C)CC1. The fraction of sp³-hybridized carbons (Fsp3) is 1.00. The molecule has 1 rings (SSSR count). The molecule has 19 heavy (non-hydrogen) atoms. The lowest BCUT2D eigenvalue weighted by atomic mass is 9.87. The van der Waals surface area contributed by atoms with Crippen LogP contribution in [0.3, 0.4) is 0 Å². The lowest BCUT2D eigenvalue weighted by molar-refractivity contribution is 0.100. The minimum absolute atomic E-state index is 0.289. The van der Waals surface area contributed by atoms with E-state index in [1.807, 2.05) is 0 Å². The van der Waals surface area contributed by atoms with Crippen molar-refractivity contribution in [3.63, 3.8) is 0 Å². The first-order valence-electron chi connectivity index (χ1n) is 8.45. The van der Waals surface area contributed by atoms with Crippen LogP contribution in [0.4, 0.5) is 0 Å². The van der Waals surface area contributed by atoms with E-state index in [0.29, 0.717) is 0 Å². The van der Waals surface area contributed by atoms with Gasteiger partial charge < -0.3 is 5.73 Å². The molecule has 0 aromatic carbocycles. The molecule has 0 radical (unpaired) electrons. The fourth-order valence-electron chi connectivity index (χ4n) is 3.59. The van der Waals surface area contributed by atoms with E-state index >= 15 is 0 Å². The van der Waals surface area contributed by atoms with Crippen LogP contribution < -0.4 is 5.73 Å². The molecule has 1 fully saturated rings. The van der Waals surface area contributed by atoms with Crippen LogP contribution in [0.15, 0.2) is 0 Å². The van der Waals surface area contributed by atoms with Gasteiger partial charge in [-0.1, -0.05) is 46.5 Å². The van der Waals surface area contributed by atoms with Crippen molar-refractivity contribution in [2.24, 2.45) is 17.6 Å². The van der Waals surface area contributed by atoms with Crippen LogP contribution >= 0.6 is 0 Å². The zero-order valence-electron chi connectivity index (χ0n) is 13.8. The summed E-state index contributed by atoms with van der Waals surface area (Å²) in [5.41, 5.74) is 6.48. The van der Waals surface area contributed by atoms with Gasteiger partial charge in [-0.3, -0.25) is 4.90 Å². The van der Waals surface area contributed by atoms with E-state index < -0.39 is 0 Å². The highest BCUT2D eigenvalue weighted by molar-refractivity contribution is 4.93. The Morgan fingerprint density at radius 3 is 2.58 bits per heavy atom. The Hall–Kier alpha value is -0.0800. The number of hydrogen-bond acceptors (Lipinski definition) is 2. The van der Waals surface area contributed by atoms with Crippen LogP contribution in [-0.4, -0.2) is 30.6 Å². The molecule has 2 heteroatoms. The highest BCUT2D eigenvalue weighted by atomic mass is 15.2. The van der Waals surface area contributed by atoms with Crippen LogP contribution in [0.1, 0.15) is 72.1 Å². The number of rotatable bonds is 7. The molecule has 2 nitrogen and oxygen atoms in total. The second-order valence-corrected chi connectivity index (χ2v) is 7.12. The van der Waals surface area contributed by atoms with Crippen molar-refractivity contribution < 1.29 is 0 Å². The maximum absolute atomic E-state index is 6.19. The predicted octanol–water partition coefficient (Wildman–Crippen LogP) is 4.04. The summed E-state index contributed by atoms with van der Waals surface area (Å²) in [7, 11) is 2.30. The Balaban J connectivity index is 2.58. The molecule has 1 aliphatic rings. The Labute approximate surface area is 121 Å². The molecule has 0 spiro atoms. The van der Waals surface area contributed by atoms with Gasteiger partial charge in [0.2, 0.25) is 0 Å². The van der Waals surface area contributed by atoms with Gasteiger partial charge in [0, 0.05) is 12.1 Å². The van der Waals surface area contributed by atoms with Gasteiger partial charge in [-0.05, 0) is 51.1 Å². The average molecular weight is 268 g/mol. The summed E-state index contributed by atoms with van der Waals surface area (Å²) < 4.78 is 0. The predicted molar refractivity (Wildman–Crippen MR) is 85.4 cm³/mol. The van der Waals surface area contributed by atoms with E-state index in [2.05, 4.69) is 32.7 Å². The van der Waals surface area contributed by atoms with E-state index in [1.165, 1.54) is 57.9 Å². The monoisotopic (exact) mass is 268 g/mol. The molecule has 0 heterocycles. The third-order valence-corrected chi connectivity index (χ3v) is 5.20. The molecule has 0 aromatic rings. The van der Waals surface area contributed by atoms with Crippen LogP contribution in [0, 0.1) is 11.8 Å². The van der Waals surface area contributed by atoms with Crippen LogP contribution in [0.25, 0.3) is 0 Å². The van der Waals surface area contributed by atoms with Gasteiger partial charge in [0.15, 0.2) is 0 Å². The minimum Gasteiger partial charge on any atom is -0.329 e. The maximum atomic E-state index is 6.19. The van der Waals surface area contributed by atoms with E-state index in [9.17, 15) is 0 Å². The normalized spacial score (nSPS) is 28.9. The van der Waals surface area contributed by atoms with E-state index in [1.54, 1.807) is 0 Å². The molecule has 0 aromatic heterocycles. The summed E-state index contributed by atoms with van der Waals surface area (Å²) >= 11 is 0.